The molecule has 0 atom stereocenters. The van der Waals surface area contributed by atoms with Crippen molar-refractivity contribution in [1.82, 2.24) is 4.98 Å². The lowest BCUT2D eigenvalue weighted by molar-refractivity contribution is 0.0697. The van der Waals surface area contributed by atoms with Gasteiger partial charge < -0.3 is 5.11 Å². The van der Waals surface area contributed by atoms with Crippen molar-refractivity contribution in [2.75, 3.05) is 0 Å². The lowest BCUT2D eigenvalue weighted by Gasteiger charge is -1.99. The zero-order valence-corrected chi connectivity index (χ0v) is 10.7. The molecule has 0 amide bonds. The van der Waals surface area contributed by atoms with Gasteiger partial charge in [0.2, 0.25) is 0 Å². The van der Waals surface area contributed by atoms with Crippen molar-refractivity contribution in [3.63, 3.8) is 0 Å². The highest BCUT2D eigenvalue weighted by Crippen LogP contribution is 2.30. The minimum absolute atomic E-state index is 0.000697. The molecule has 0 spiro atoms. The normalized spacial score (nSPS) is 10.3. The molecule has 0 saturated heterocycles. The monoisotopic (exact) mass is 261 g/mol. The number of aryl methyl sites for hydroxylation is 1. The number of hydrogen-bond acceptors (Lipinski definition) is 4. The number of carboxylic acids is 1. The Labute approximate surface area is 108 Å². The number of ketones is 1. The molecule has 1 aromatic carbocycles. The minimum atomic E-state index is -1.11. The Hall–Kier alpha value is -2.01. The van der Waals surface area contributed by atoms with Crippen molar-refractivity contribution < 1.29 is 14.7 Å². The molecule has 5 heteroatoms. The molecule has 0 radical (unpaired) electrons. The van der Waals surface area contributed by atoms with E-state index in [0.717, 1.165) is 22.5 Å². The number of carbonyl (C=O) groups excluding carboxylic acids is 1. The second-order valence-electron chi connectivity index (χ2n) is 3.87. The van der Waals surface area contributed by atoms with E-state index in [9.17, 15) is 9.59 Å². The molecule has 0 aliphatic rings. The van der Waals surface area contributed by atoms with E-state index in [1.807, 2.05) is 31.2 Å². The van der Waals surface area contributed by atoms with Gasteiger partial charge in [-0.15, -0.1) is 11.3 Å². The highest BCUT2D eigenvalue weighted by atomic mass is 32.1. The maximum atomic E-state index is 11.4. The second-order valence-corrected chi connectivity index (χ2v) is 4.87. The van der Waals surface area contributed by atoms with Crippen molar-refractivity contribution in [2.24, 2.45) is 0 Å². The van der Waals surface area contributed by atoms with Crippen molar-refractivity contribution in [2.45, 2.75) is 13.8 Å². The number of aromatic carboxylic acids is 1. The number of nitrogens with zero attached hydrogens (tertiary/aromatic N) is 1. The minimum Gasteiger partial charge on any atom is -0.477 e. The van der Waals surface area contributed by atoms with E-state index in [2.05, 4.69) is 4.98 Å². The number of Topliss-reactive ketones (excluding diaryl/α,β-unsaturated/α-hetero) is 1. The van der Waals surface area contributed by atoms with Crippen LogP contribution in [0.5, 0.6) is 0 Å². The molecule has 0 unspecified atom stereocenters. The van der Waals surface area contributed by atoms with Crippen molar-refractivity contribution in [1.29, 1.82) is 0 Å². The third-order valence-electron chi connectivity index (χ3n) is 2.53. The number of thiazole rings is 1. The predicted octanol–water partition coefficient (Wildman–Crippen LogP) is 3.02. The number of benzene rings is 1. The van der Waals surface area contributed by atoms with Crippen LogP contribution >= 0.6 is 11.3 Å². The first kappa shape index (κ1) is 12.4. The summed E-state index contributed by atoms with van der Waals surface area (Å²) in [6.45, 7) is 3.24. The van der Waals surface area contributed by atoms with Crippen LogP contribution in [0.25, 0.3) is 10.6 Å². The molecule has 0 aliphatic carbocycles. The van der Waals surface area contributed by atoms with Crippen LogP contribution in [0.1, 0.15) is 32.6 Å². The number of carboxylic acid groups (broad SMARTS) is 1. The van der Waals surface area contributed by atoms with Gasteiger partial charge in [-0.05, 0) is 12.5 Å². The molecule has 2 aromatic rings. The number of hydrogen-bond donors (Lipinski definition) is 1. The molecule has 0 aliphatic heterocycles. The van der Waals surface area contributed by atoms with Gasteiger partial charge in [0.1, 0.15) is 15.6 Å². The van der Waals surface area contributed by atoms with Crippen LogP contribution < -0.4 is 0 Å². The van der Waals surface area contributed by atoms with Crippen LogP contribution in [0.2, 0.25) is 0 Å². The first-order chi connectivity index (χ1) is 8.50. The van der Waals surface area contributed by atoms with Gasteiger partial charge in [-0.2, -0.15) is 0 Å². The third-order valence-corrected chi connectivity index (χ3v) is 3.61. The van der Waals surface area contributed by atoms with Gasteiger partial charge in [-0.1, -0.05) is 24.3 Å². The summed E-state index contributed by atoms with van der Waals surface area (Å²) >= 11 is 1.03. The van der Waals surface area contributed by atoms with Crippen LogP contribution in [0, 0.1) is 6.92 Å². The van der Waals surface area contributed by atoms with E-state index in [-0.39, 0.29) is 16.4 Å². The molecule has 1 heterocycles. The van der Waals surface area contributed by atoms with E-state index in [4.69, 9.17) is 5.11 Å². The summed E-state index contributed by atoms with van der Waals surface area (Å²) in [6, 6.07) is 7.54. The van der Waals surface area contributed by atoms with Crippen LogP contribution in [0.4, 0.5) is 0 Å². The number of rotatable bonds is 3. The van der Waals surface area contributed by atoms with Crippen molar-refractivity contribution in [3.8, 4) is 10.6 Å². The second kappa shape index (κ2) is 4.70. The van der Waals surface area contributed by atoms with Crippen LogP contribution in [0.15, 0.2) is 24.3 Å². The molecule has 4 nitrogen and oxygen atoms in total. The van der Waals surface area contributed by atoms with Crippen molar-refractivity contribution >= 4 is 23.1 Å². The van der Waals surface area contributed by atoms with Gasteiger partial charge in [0.15, 0.2) is 5.78 Å². The fraction of sp³-hybridized carbons (Fsp3) is 0.154. The van der Waals surface area contributed by atoms with E-state index in [1.54, 1.807) is 0 Å². The Morgan fingerprint density at radius 1 is 1.28 bits per heavy atom. The summed E-state index contributed by atoms with van der Waals surface area (Å²) in [4.78, 5) is 26.6. The summed E-state index contributed by atoms with van der Waals surface area (Å²) in [5.41, 5.74) is 1.89. The van der Waals surface area contributed by atoms with Crippen LogP contribution in [-0.4, -0.2) is 21.8 Å². The van der Waals surface area contributed by atoms with Gasteiger partial charge in [0, 0.05) is 12.5 Å². The fourth-order valence-corrected chi connectivity index (χ4v) is 2.67. The molecule has 18 heavy (non-hydrogen) atoms. The van der Waals surface area contributed by atoms with Gasteiger partial charge in [0.25, 0.3) is 0 Å². The summed E-state index contributed by atoms with van der Waals surface area (Å²) in [5.74, 6) is -1.44. The standard InChI is InChI=1S/C13H11NO3S/c1-7-5-3-4-6-9(7)12-14-10(8(2)15)11(18-12)13(16)17/h3-6H,1-2H3,(H,16,17). The molecule has 1 N–H and O–H groups in total. The van der Waals surface area contributed by atoms with E-state index in [1.165, 1.54) is 6.92 Å². The summed E-state index contributed by atoms with van der Waals surface area (Å²) in [5, 5.41) is 9.63. The van der Waals surface area contributed by atoms with E-state index < -0.39 is 5.97 Å². The Balaban J connectivity index is 2.61. The van der Waals surface area contributed by atoms with E-state index in [0.29, 0.717) is 5.01 Å². The van der Waals surface area contributed by atoms with Gasteiger partial charge in [-0.3, -0.25) is 4.79 Å². The molecule has 0 saturated carbocycles. The summed E-state index contributed by atoms with van der Waals surface area (Å²) < 4.78 is 0. The van der Waals surface area contributed by atoms with Crippen LogP contribution in [0.3, 0.4) is 0 Å². The van der Waals surface area contributed by atoms with Crippen LogP contribution in [-0.2, 0) is 0 Å². The van der Waals surface area contributed by atoms with Gasteiger partial charge in [0.05, 0.1) is 0 Å². The molecular weight excluding hydrogens is 250 g/mol. The zero-order valence-electron chi connectivity index (χ0n) is 9.93. The molecule has 0 bridgehead atoms. The fourth-order valence-electron chi connectivity index (χ4n) is 1.63. The first-order valence-electron chi connectivity index (χ1n) is 5.31. The molecule has 92 valence electrons. The smallest absolute Gasteiger partial charge is 0.348 e. The summed E-state index contributed by atoms with van der Waals surface area (Å²) in [7, 11) is 0. The topological polar surface area (TPSA) is 67.3 Å². The Morgan fingerprint density at radius 2 is 1.94 bits per heavy atom. The predicted molar refractivity (Wildman–Crippen MR) is 69.3 cm³/mol. The molecule has 2 rings (SSSR count). The average Bonchev–Trinajstić information content (AvgIpc) is 2.74. The number of carbonyl (C=O) groups is 2. The number of aromatic nitrogens is 1. The maximum absolute atomic E-state index is 11.4. The third kappa shape index (κ3) is 2.17. The average molecular weight is 261 g/mol. The summed E-state index contributed by atoms with van der Waals surface area (Å²) in [6.07, 6.45) is 0. The molecule has 0 fully saturated rings. The maximum Gasteiger partial charge on any atom is 0.348 e. The van der Waals surface area contributed by atoms with Gasteiger partial charge >= 0.3 is 5.97 Å². The highest BCUT2D eigenvalue weighted by Gasteiger charge is 2.21. The SMILES string of the molecule is CC(=O)c1nc(-c2ccccc2C)sc1C(=O)O. The Morgan fingerprint density at radius 3 is 2.44 bits per heavy atom. The van der Waals surface area contributed by atoms with Gasteiger partial charge in [-0.25, -0.2) is 9.78 Å². The highest BCUT2D eigenvalue weighted by molar-refractivity contribution is 7.17. The largest absolute Gasteiger partial charge is 0.477 e. The first-order valence-corrected chi connectivity index (χ1v) is 6.13. The Kier molecular flexibility index (Phi) is 3.25. The van der Waals surface area contributed by atoms with Crippen molar-refractivity contribution in [3.05, 3.63) is 40.4 Å². The molecule has 1 aromatic heterocycles. The lowest BCUT2D eigenvalue weighted by Crippen LogP contribution is -2.02. The Bertz CT molecular complexity index is 599. The zero-order chi connectivity index (χ0) is 13.3. The molecular formula is C13H11NO3S. The quantitative estimate of drug-likeness (QED) is 0.862. The lowest BCUT2D eigenvalue weighted by atomic mass is 10.1. The van der Waals surface area contributed by atoms with E-state index >= 15 is 0 Å².